The molecule has 0 aliphatic carbocycles. The lowest BCUT2D eigenvalue weighted by Crippen LogP contribution is -2.28. The summed E-state index contributed by atoms with van der Waals surface area (Å²) in [5.41, 5.74) is 1.20. The Hall–Kier alpha value is -1.12. The van der Waals surface area contributed by atoms with E-state index in [0.29, 0.717) is 0 Å². The van der Waals surface area contributed by atoms with E-state index >= 15 is 0 Å². The van der Waals surface area contributed by atoms with Crippen molar-refractivity contribution in [1.82, 2.24) is 9.97 Å². The molecule has 0 bridgehead atoms. The molecule has 0 amide bonds. The Morgan fingerprint density at radius 2 is 1.63 bits per heavy atom. The van der Waals surface area contributed by atoms with Crippen LogP contribution in [0.25, 0.3) is 0 Å². The van der Waals surface area contributed by atoms with E-state index in [0.717, 1.165) is 24.7 Å². The number of unbranched alkanes of at least 4 members (excludes halogenated alkanes) is 2. The van der Waals surface area contributed by atoms with Crippen LogP contribution in [-0.2, 0) is 5.41 Å². The molecule has 3 nitrogen and oxygen atoms in total. The van der Waals surface area contributed by atoms with Crippen molar-refractivity contribution in [2.75, 3.05) is 18.0 Å². The molecule has 0 fully saturated rings. The molecule has 1 heterocycles. The lowest BCUT2D eigenvalue weighted by atomic mass is 9.92. The first-order valence-electron chi connectivity index (χ1n) is 7.57. The molecule has 0 radical (unpaired) electrons. The van der Waals surface area contributed by atoms with Gasteiger partial charge in [0.15, 0.2) is 0 Å². The summed E-state index contributed by atoms with van der Waals surface area (Å²) in [6, 6.07) is 2.03. The number of hydrogen-bond donors (Lipinski definition) is 0. The molecule has 1 aromatic rings. The fourth-order valence-corrected chi connectivity index (χ4v) is 1.93. The lowest BCUT2D eigenvalue weighted by molar-refractivity contribution is 0.563. The fraction of sp³-hybridized carbons (Fsp3) is 0.750. The van der Waals surface area contributed by atoms with Crippen molar-refractivity contribution in [3.05, 3.63) is 18.0 Å². The Bertz CT molecular complexity index is 361. The monoisotopic (exact) mass is 263 g/mol. The van der Waals surface area contributed by atoms with Crippen molar-refractivity contribution in [2.45, 2.75) is 65.7 Å². The summed E-state index contributed by atoms with van der Waals surface area (Å²) in [7, 11) is 0. The highest BCUT2D eigenvalue weighted by molar-refractivity contribution is 5.31. The third kappa shape index (κ3) is 5.17. The number of hydrogen-bond acceptors (Lipinski definition) is 3. The van der Waals surface area contributed by atoms with Gasteiger partial charge in [0.1, 0.15) is 0 Å². The van der Waals surface area contributed by atoms with Gasteiger partial charge in [-0.15, -0.1) is 0 Å². The molecule has 1 rings (SSSR count). The minimum Gasteiger partial charge on any atom is -0.341 e. The fourth-order valence-electron chi connectivity index (χ4n) is 1.93. The average molecular weight is 263 g/mol. The molecule has 0 aliphatic rings. The largest absolute Gasteiger partial charge is 0.341 e. The molecule has 0 saturated heterocycles. The summed E-state index contributed by atoms with van der Waals surface area (Å²) in [6.07, 6.45) is 6.72. The maximum absolute atomic E-state index is 4.76. The van der Waals surface area contributed by atoms with Gasteiger partial charge in [-0.2, -0.15) is 0 Å². The molecule has 1 aromatic heterocycles. The summed E-state index contributed by atoms with van der Waals surface area (Å²) < 4.78 is 0. The molecular formula is C16H29N3. The van der Waals surface area contributed by atoms with Gasteiger partial charge in [-0.1, -0.05) is 47.5 Å². The molecule has 0 aromatic carbocycles. The van der Waals surface area contributed by atoms with E-state index in [-0.39, 0.29) is 5.41 Å². The maximum Gasteiger partial charge on any atom is 0.225 e. The van der Waals surface area contributed by atoms with Crippen LogP contribution < -0.4 is 4.90 Å². The molecule has 0 spiro atoms. The highest BCUT2D eigenvalue weighted by Crippen LogP contribution is 2.21. The highest BCUT2D eigenvalue weighted by atomic mass is 15.2. The lowest BCUT2D eigenvalue weighted by Gasteiger charge is -2.25. The minimum atomic E-state index is 0.0822. The van der Waals surface area contributed by atoms with Crippen LogP contribution in [0.2, 0.25) is 0 Å². The number of rotatable bonds is 7. The predicted octanol–water partition coefficient (Wildman–Crippen LogP) is 4.18. The smallest absolute Gasteiger partial charge is 0.225 e. The van der Waals surface area contributed by atoms with Crippen LogP contribution >= 0.6 is 0 Å². The Morgan fingerprint density at radius 1 is 1.05 bits per heavy atom. The average Bonchev–Trinajstić information content (AvgIpc) is 2.38. The van der Waals surface area contributed by atoms with E-state index in [1.54, 1.807) is 0 Å². The normalized spacial score (nSPS) is 11.6. The summed E-state index contributed by atoms with van der Waals surface area (Å²) in [5.74, 6) is 0.898. The number of aromatic nitrogens is 2. The van der Waals surface area contributed by atoms with E-state index < -0.39 is 0 Å². The number of anilines is 1. The minimum absolute atomic E-state index is 0.0822. The van der Waals surface area contributed by atoms with Crippen molar-refractivity contribution in [1.29, 1.82) is 0 Å². The molecular weight excluding hydrogens is 234 g/mol. The third-order valence-electron chi connectivity index (χ3n) is 3.26. The first-order chi connectivity index (χ1) is 8.99. The second-order valence-corrected chi connectivity index (χ2v) is 6.19. The van der Waals surface area contributed by atoms with E-state index in [1.807, 2.05) is 12.3 Å². The van der Waals surface area contributed by atoms with Crippen molar-refractivity contribution in [3.8, 4) is 0 Å². The van der Waals surface area contributed by atoms with Crippen LogP contribution in [0.4, 0.5) is 5.95 Å². The Morgan fingerprint density at radius 3 is 2.11 bits per heavy atom. The van der Waals surface area contributed by atoms with Crippen LogP contribution in [0.15, 0.2) is 12.3 Å². The zero-order chi connectivity index (χ0) is 14.3. The van der Waals surface area contributed by atoms with Crippen LogP contribution in [0.3, 0.4) is 0 Å². The maximum atomic E-state index is 4.76. The number of nitrogens with zero attached hydrogens (tertiary/aromatic N) is 3. The van der Waals surface area contributed by atoms with Crippen LogP contribution in [0.1, 0.15) is 66.0 Å². The van der Waals surface area contributed by atoms with Gasteiger partial charge in [0.2, 0.25) is 5.95 Å². The summed E-state index contributed by atoms with van der Waals surface area (Å²) in [4.78, 5) is 11.6. The molecule has 0 saturated carbocycles. The van der Waals surface area contributed by atoms with Crippen molar-refractivity contribution < 1.29 is 0 Å². The highest BCUT2D eigenvalue weighted by Gasteiger charge is 2.17. The van der Waals surface area contributed by atoms with Crippen LogP contribution in [0.5, 0.6) is 0 Å². The van der Waals surface area contributed by atoms with E-state index in [2.05, 4.69) is 44.5 Å². The summed E-state index contributed by atoms with van der Waals surface area (Å²) in [5, 5.41) is 0. The van der Waals surface area contributed by atoms with Crippen molar-refractivity contribution in [3.63, 3.8) is 0 Å². The van der Waals surface area contributed by atoms with E-state index in [4.69, 9.17) is 4.98 Å². The molecule has 19 heavy (non-hydrogen) atoms. The zero-order valence-corrected chi connectivity index (χ0v) is 13.2. The van der Waals surface area contributed by atoms with E-state index in [9.17, 15) is 0 Å². The molecule has 3 heteroatoms. The van der Waals surface area contributed by atoms with Crippen LogP contribution in [-0.4, -0.2) is 23.1 Å². The van der Waals surface area contributed by atoms with Gasteiger partial charge in [-0.05, 0) is 18.9 Å². The molecule has 0 aliphatic heterocycles. The second-order valence-electron chi connectivity index (χ2n) is 6.19. The second kappa shape index (κ2) is 7.46. The standard InChI is InChI=1S/C16H29N3/c1-6-8-12-19(13-9-7-2)15-17-11-10-14(18-15)16(3,4)5/h10-11H,6-9,12-13H2,1-5H3. The summed E-state index contributed by atoms with van der Waals surface area (Å²) >= 11 is 0. The van der Waals surface area contributed by atoms with Gasteiger partial charge in [0.25, 0.3) is 0 Å². The Balaban J connectivity index is 2.88. The van der Waals surface area contributed by atoms with Crippen molar-refractivity contribution >= 4 is 5.95 Å². The van der Waals surface area contributed by atoms with Gasteiger partial charge in [-0.3, -0.25) is 0 Å². The molecule has 0 atom stereocenters. The first-order valence-corrected chi connectivity index (χ1v) is 7.57. The predicted molar refractivity (Wildman–Crippen MR) is 82.8 cm³/mol. The summed E-state index contributed by atoms with van der Waals surface area (Å²) in [6.45, 7) is 13.2. The SMILES string of the molecule is CCCCN(CCCC)c1nccc(C(C)(C)C)n1. The molecule has 0 N–H and O–H groups in total. The van der Waals surface area contributed by atoms with Gasteiger partial charge in [-0.25, -0.2) is 9.97 Å². The molecule has 0 unspecified atom stereocenters. The third-order valence-corrected chi connectivity index (χ3v) is 3.26. The topological polar surface area (TPSA) is 29.0 Å². The van der Waals surface area contributed by atoms with Gasteiger partial charge in [0, 0.05) is 24.7 Å². The van der Waals surface area contributed by atoms with Crippen LogP contribution in [0, 0.1) is 0 Å². The first kappa shape index (κ1) is 15.9. The van der Waals surface area contributed by atoms with Gasteiger partial charge >= 0.3 is 0 Å². The quantitative estimate of drug-likeness (QED) is 0.739. The zero-order valence-electron chi connectivity index (χ0n) is 13.2. The van der Waals surface area contributed by atoms with Gasteiger partial charge in [0.05, 0.1) is 5.69 Å². The van der Waals surface area contributed by atoms with Gasteiger partial charge < -0.3 is 4.90 Å². The molecule has 108 valence electrons. The Labute approximate surface area is 118 Å². The van der Waals surface area contributed by atoms with Crippen molar-refractivity contribution in [2.24, 2.45) is 0 Å². The Kier molecular flexibility index (Phi) is 6.26. The van der Waals surface area contributed by atoms with E-state index in [1.165, 1.54) is 25.7 Å².